The van der Waals surface area contributed by atoms with Gasteiger partial charge in [-0.15, -0.1) is 11.3 Å². The Kier molecular flexibility index (Phi) is 7.18. The molecule has 0 radical (unpaired) electrons. The second kappa shape index (κ2) is 9.66. The Bertz CT molecular complexity index is 976. The predicted octanol–water partition coefficient (Wildman–Crippen LogP) is 4.07. The number of rotatable bonds is 8. The average molecular weight is 443 g/mol. The second-order valence-electron chi connectivity index (χ2n) is 8.49. The largest absolute Gasteiger partial charge is 0.507 e. The Morgan fingerprint density at radius 2 is 1.87 bits per heavy atom. The molecule has 0 saturated carbocycles. The number of Topliss-reactive ketones (excluding diaryl/α,β-unsaturated/α-hetero) is 1. The lowest BCUT2D eigenvalue weighted by Crippen LogP contribution is -2.35. The van der Waals surface area contributed by atoms with Crippen LogP contribution in [0.1, 0.15) is 35.9 Å². The van der Waals surface area contributed by atoms with Crippen molar-refractivity contribution >= 4 is 28.8 Å². The van der Waals surface area contributed by atoms with Crippen molar-refractivity contribution in [2.45, 2.75) is 26.8 Å². The molecule has 2 heterocycles. The highest BCUT2D eigenvalue weighted by molar-refractivity contribution is 7.10. The lowest BCUT2D eigenvalue weighted by molar-refractivity contribution is -0.140. The standard InChI is InChI=1S/C24H30N2O4S/c1-15(2)14-30-18-8-6-17(7-9-18)21(27)19-20(23-16(3)10-13-31-23)26(12-11-25(4)5)24(29)22(19)28/h6-10,13,15,20,27H,11-12,14H2,1-5H3/b21-19-. The van der Waals surface area contributed by atoms with Crippen molar-refractivity contribution in [3.8, 4) is 5.75 Å². The zero-order valence-electron chi connectivity index (χ0n) is 18.7. The molecule has 1 aliphatic rings. The molecule has 0 aliphatic carbocycles. The normalized spacial score (nSPS) is 18.4. The lowest BCUT2D eigenvalue weighted by Gasteiger charge is -2.26. The first-order valence-corrected chi connectivity index (χ1v) is 11.3. The third kappa shape index (κ3) is 4.99. The molecule has 0 bridgehead atoms. The summed E-state index contributed by atoms with van der Waals surface area (Å²) in [5.74, 6) is -0.270. The van der Waals surface area contributed by atoms with Crippen molar-refractivity contribution in [3.63, 3.8) is 0 Å². The maximum atomic E-state index is 13.0. The number of likely N-dealkylation sites (tertiary alicyclic amines) is 1. The number of benzene rings is 1. The third-order valence-corrected chi connectivity index (χ3v) is 6.26. The summed E-state index contributed by atoms with van der Waals surface area (Å²) in [5.41, 5.74) is 1.63. The lowest BCUT2D eigenvalue weighted by atomic mass is 9.98. The molecule has 7 heteroatoms. The molecule has 1 amide bonds. The Hall–Kier alpha value is -2.64. The first kappa shape index (κ1) is 23.0. The smallest absolute Gasteiger partial charge is 0.295 e. The number of hydrogen-bond donors (Lipinski definition) is 1. The van der Waals surface area contributed by atoms with Gasteiger partial charge in [0, 0.05) is 23.5 Å². The number of hydrogen-bond acceptors (Lipinski definition) is 6. The summed E-state index contributed by atoms with van der Waals surface area (Å²) in [6, 6.07) is 8.35. The number of ether oxygens (including phenoxy) is 1. The fourth-order valence-electron chi connectivity index (χ4n) is 3.48. The van der Waals surface area contributed by atoms with Crippen molar-refractivity contribution < 1.29 is 19.4 Å². The molecule has 6 nitrogen and oxygen atoms in total. The second-order valence-corrected chi connectivity index (χ2v) is 9.44. The first-order valence-electron chi connectivity index (χ1n) is 10.4. The van der Waals surface area contributed by atoms with Gasteiger partial charge in [-0.05, 0) is 68.2 Å². The molecule has 3 rings (SSSR count). The number of aryl methyl sites for hydroxylation is 1. The van der Waals surface area contributed by atoms with Gasteiger partial charge in [-0.3, -0.25) is 9.59 Å². The number of amides is 1. The van der Waals surface area contributed by atoms with Crippen LogP contribution in [-0.4, -0.2) is 60.4 Å². The van der Waals surface area contributed by atoms with E-state index in [-0.39, 0.29) is 11.3 Å². The van der Waals surface area contributed by atoms with Gasteiger partial charge in [0.25, 0.3) is 11.7 Å². The minimum absolute atomic E-state index is 0.144. The minimum atomic E-state index is -0.644. The topological polar surface area (TPSA) is 70.1 Å². The summed E-state index contributed by atoms with van der Waals surface area (Å²) in [6.45, 7) is 7.72. The van der Waals surface area contributed by atoms with E-state index in [9.17, 15) is 14.7 Å². The van der Waals surface area contributed by atoms with Gasteiger partial charge in [-0.2, -0.15) is 0 Å². The Labute approximate surface area is 187 Å². The van der Waals surface area contributed by atoms with Crippen LogP contribution in [0.25, 0.3) is 5.76 Å². The zero-order valence-corrected chi connectivity index (χ0v) is 19.5. The van der Waals surface area contributed by atoms with Gasteiger partial charge in [0.1, 0.15) is 11.5 Å². The van der Waals surface area contributed by atoms with Crippen LogP contribution in [0.3, 0.4) is 0 Å². The number of carbonyl (C=O) groups excluding carboxylic acids is 2. The van der Waals surface area contributed by atoms with E-state index in [0.29, 0.717) is 36.9 Å². The maximum Gasteiger partial charge on any atom is 0.295 e. The highest BCUT2D eigenvalue weighted by Gasteiger charge is 2.46. The van der Waals surface area contributed by atoms with E-state index in [1.807, 2.05) is 37.4 Å². The Morgan fingerprint density at radius 1 is 1.19 bits per heavy atom. The zero-order chi connectivity index (χ0) is 22.7. The van der Waals surface area contributed by atoms with E-state index in [1.54, 1.807) is 29.2 Å². The van der Waals surface area contributed by atoms with Gasteiger partial charge < -0.3 is 19.6 Å². The van der Waals surface area contributed by atoms with Crippen LogP contribution in [0.4, 0.5) is 0 Å². The van der Waals surface area contributed by atoms with Gasteiger partial charge in [0.2, 0.25) is 0 Å². The molecule has 166 valence electrons. The van der Waals surface area contributed by atoms with E-state index in [0.717, 1.165) is 10.4 Å². The Balaban J connectivity index is 2.01. The van der Waals surface area contributed by atoms with Gasteiger partial charge in [-0.1, -0.05) is 13.8 Å². The molecule has 1 saturated heterocycles. The summed E-state index contributed by atoms with van der Waals surface area (Å²) in [6.07, 6.45) is 0. The SMILES string of the molecule is Cc1ccsc1C1/C(=C(/O)c2ccc(OCC(C)C)cc2)C(=O)C(=O)N1CCN(C)C. The van der Waals surface area contributed by atoms with Crippen LogP contribution in [0.5, 0.6) is 5.75 Å². The summed E-state index contributed by atoms with van der Waals surface area (Å²) in [7, 11) is 3.84. The summed E-state index contributed by atoms with van der Waals surface area (Å²) < 4.78 is 5.70. The van der Waals surface area contributed by atoms with Crippen molar-refractivity contribution in [2.24, 2.45) is 5.92 Å². The minimum Gasteiger partial charge on any atom is -0.507 e. The van der Waals surface area contributed by atoms with E-state index in [1.165, 1.54) is 11.3 Å². The molecule has 1 aromatic carbocycles. The van der Waals surface area contributed by atoms with Crippen LogP contribution in [0.15, 0.2) is 41.3 Å². The van der Waals surface area contributed by atoms with Gasteiger partial charge >= 0.3 is 0 Å². The number of aliphatic hydroxyl groups excluding tert-OH is 1. The highest BCUT2D eigenvalue weighted by Crippen LogP contribution is 2.42. The van der Waals surface area contributed by atoms with E-state index in [4.69, 9.17) is 4.74 Å². The molecular formula is C24H30N2O4S. The molecule has 1 atom stereocenters. The number of carbonyl (C=O) groups is 2. The molecule has 2 aromatic rings. The summed E-state index contributed by atoms with van der Waals surface area (Å²) in [5, 5.41) is 13.0. The molecule has 0 spiro atoms. The van der Waals surface area contributed by atoms with Crippen LogP contribution >= 0.6 is 11.3 Å². The van der Waals surface area contributed by atoms with Gasteiger partial charge in [-0.25, -0.2) is 0 Å². The number of likely N-dealkylation sites (N-methyl/N-ethyl adjacent to an activating group) is 1. The molecule has 1 fully saturated rings. The maximum absolute atomic E-state index is 13.0. The molecule has 1 N–H and O–H groups in total. The molecule has 1 aromatic heterocycles. The highest BCUT2D eigenvalue weighted by atomic mass is 32.1. The Morgan fingerprint density at radius 3 is 2.42 bits per heavy atom. The van der Waals surface area contributed by atoms with Crippen LogP contribution in [0, 0.1) is 12.8 Å². The van der Waals surface area contributed by atoms with Gasteiger partial charge in [0.05, 0.1) is 18.2 Å². The first-order chi connectivity index (χ1) is 14.7. The monoisotopic (exact) mass is 442 g/mol. The summed E-state index contributed by atoms with van der Waals surface area (Å²) in [4.78, 5) is 30.3. The third-order valence-electron chi connectivity index (χ3n) is 5.19. The van der Waals surface area contributed by atoms with Crippen LogP contribution < -0.4 is 4.74 Å². The van der Waals surface area contributed by atoms with Crippen molar-refractivity contribution in [3.05, 3.63) is 57.3 Å². The average Bonchev–Trinajstić information content (AvgIpc) is 3.25. The van der Waals surface area contributed by atoms with Crippen molar-refractivity contribution in [1.82, 2.24) is 9.80 Å². The number of ketones is 1. The summed E-state index contributed by atoms with van der Waals surface area (Å²) >= 11 is 1.49. The van der Waals surface area contributed by atoms with Crippen LogP contribution in [0.2, 0.25) is 0 Å². The number of thiophene rings is 1. The van der Waals surface area contributed by atoms with Crippen molar-refractivity contribution in [1.29, 1.82) is 0 Å². The van der Waals surface area contributed by atoms with E-state index in [2.05, 4.69) is 13.8 Å². The number of aliphatic hydroxyl groups is 1. The molecule has 1 unspecified atom stereocenters. The number of nitrogens with zero attached hydrogens (tertiary/aromatic N) is 2. The van der Waals surface area contributed by atoms with E-state index >= 15 is 0 Å². The predicted molar refractivity (Wildman–Crippen MR) is 123 cm³/mol. The van der Waals surface area contributed by atoms with Gasteiger partial charge in [0.15, 0.2) is 0 Å². The van der Waals surface area contributed by atoms with Crippen LogP contribution in [-0.2, 0) is 9.59 Å². The molecular weight excluding hydrogens is 412 g/mol. The van der Waals surface area contributed by atoms with E-state index < -0.39 is 17.7 Å². The van der Waals surface area contributed by atoms with Crippen molar-refractivity contribution in [2.75, 3.05) is 33.8 Å². The molecule has 1 aliphatic heterocycles. The quantitative estimate of drug-likeness (QED) is 0.379. The molecule has 31 heavy (non-hydrogen) atoms. The fraction of sp³-hybridized carbons (Fsp3) is 0.417. The fourth-order valence-corrected chi connectivity index (χ4v) is 4.53.